The van der Waals surface area contributed by atoms with E-state index in [1.54, 1.807) is 13.0 Å². The topological polar surface area (TPSA) is 66.8 Å². The summed E-state index contributed by atoms with van der Waals surface area (Å²) in [7, 11) is 1.18. The van der Waals surface area contributed by atoms with E-state index < -0.39 is 12.1 Å². The summed E-state index contributed by atoms with van der Waals surface area (Å²) in [5, 5.41) is 19.5. The molecule has 0 amide bonds. The number of aliphatic hydroxyl groups excluding tert-OH is 1. The van der Waals surface area contributed by atoms with Gasteiger partial charge in [0.2, 0.25) is 0 Å². The lowest BCUT2D eigenvalue weighted by Gasteiger charge is -2.16. The van der Waals surface area contributed by atoms with Crippen LogP contribution in [0.1, 0.15) is 22.8 Å². The highest BCUT2D eigenvalue weighted by Gasteiger charge is 2.25. The van der Waals surface area contributed by atoms with Crippen LogP contribution in [0.5, 0.6) is 5.75 Å². The second kappa shape index (κ2) is 4.84. The third-order valence-electron chi connectivity index (χ3n) is 2.52. The lowest BCUT2D eigenvalue weighted by molar-refractivity contribution is -0.150. The number of halogens is 1. The lowest BCUT2D eigenvalue weighted by atomic mass is 9.98. The number of carbonyl (C=O) groups is 1. The van der Waals surface area contributed by atoms with Crippen LogP contribution in [0.15, 0.2) is 10.5 Å². The molecule has 1 aromatic carbocycles. The number of benzene rings is 1. The molecule has 0 saturated heterocycles. The Morgan fingerprint density at radius 1 is 1.50 bits per heavy atom. The maximum atomic E-state index is 11.2. The second-order valence-electron chi connectivity index (χ2n) is 3.49. The summed E-state index contributed by atoms with van der Waals surface area (Å²) in [6.07, 6.45) is -1.47. The van der Waals surface area contributed by atoms with Gasteiger partial charge < -0.3 is 14.9 Å². The normalized spacial score (nSPS) is 12.3. The van der Waals surface area contributed by atoms with Crippen LogP contribution in [0.4, 0.5) is 0 Å². The summed E-state index contributed by atoms with van der Waals surface area (Å²) in [4.78, 5) is 11.2. The number of rotatable bonds is 2. The van der Waals surface area contributed by atoms with Crippen molar-refractivity contribution in [2.24, 2.45) is 0 Å². The molecule has 16 heavy (non-hydrogen) atoms. The summed E-state index contributed by atoms with van der Waals surface area (Å²) in [6, 6.07) is 1.72. The van der Waals surface area contributed by atoms with Gasteiger partial charge in [0.25, 0.3) is 0 Å². The van der Waals surface area contributed by atoms with Crippen LogP contribution in [0.25, 0.3) is 0 Å². The molecule has 1 aromatic rings. The highest BCUT2D eigenvalue weighted by Crippen LogP contribution is 2.36. The molecule has 1 atom stereocenters. The number of phenolic OH excluding ortho intramolecular Hbond substituents is 1. The van der Waals surface area contributed by atoms with Gasteiger partial charge in [-0.05, 0) is 47.0 Å². The molecule has 0 radical (unpaired) electrons. The molecular formula is C11H13BrO4. The molecule has 0 aliphatic rings. The molecule has 0 fully saturated rings. The number of hydrogen-bond acceptors (Lipinski definition) is 4. The van der Waals surface area contributed by atoms with Gasteiger partial charge in [0.15, 0.2) is 6.10 Å². The fourth-order valence-corrected chi connectivity index (χ4v) is 2.01. The first-order chi connectivity index (χ1) is 7.40. The summed E-state index contributed by atoms with van der Waals surface area (Å²) >= 11 is 3.16. The summed E-state index contributed by atoms with van der Waals surface area (Å²) in [5.74, 6) is -0.933. The number of methoxy groups -OCH3 is 1. The van der Waals surface area contributed by atoms with Crippen molar-refractivity contribution < 1.29 is 19.7 Å². The van der Waals surface area contributed by atoms with Crippen LogP contribution >= 0.6 is 15.9 Å². The summed E-state index contributed by atoms with van der Waals surface area (Å²) in [5.41, 5.74) is 1.71. The lowest BCUT2D eigenvalue weighted by Crippen LogP contribution is -2.15. The molecule has 0 heterocycles. The van der Waals surface area contributed by atoms with Crippen molar-refractivity contribution in [1.82, 2.24) is 0 Å². The van der Waals surface area contributed by atoms with Gasteiger partial charge in [0.1, 0.15) is 5.75 Å². The average molecular weight is 289 g/mol. The van der Waals surface area contributed by atoms with Crippen LogP contribution in [0.3, 0.4) is 0 Å². The van der Waals surface area contributed by atoms with Crippen molar-refractivity contribution in [3.8, 4) is 5.75 Å². The molecule has 0 bridgehead atoms. The number of carbonyl (C=O) groups excluding carboxylic acids is 1. The molecule has 1 rings (SSSR count). The first kappa shape index (κ1) is 13.0. The quantitative estimate of drug-likeness (QED) is 0.817. The number of ether oxygens (including phenoxy) is 1. The van der Waals surface area contributed by atoms with Gasteiger partial charge in [0, 0.05) is 5.56 Å². The minimum Gasteiger partial charge on any atom is -0.506 e. The maximum absolute atomic E-state index is 11.2. The van der Waals surface area contributed by atoms with E-state index in [1.165, 1.54) is 7.11 Å². The third-order valence-corrected chi connectivity index (χ3v) is 3.12. The first-order valence-electron chi connectivity index (χ1n) is 4.64. The Bertz CT molecular complexity index is 402. The van der Waals surface area contributed by atoms with Crippen molar-refractivity contribution in [2.45, 2.75) is 20.0 Å². The Hall–Kier alpha value is -1.07. The number of aryl methyl sites for hydroxylation is 1. The van der Waals surface area contributed by atoms with E-state index in [2.05, 4.69) is 20.7 Å². The zero-order valence-electron chi connectivity index (χ0n) is 9.24. The van der Waals surface area contributed by atoms with Crippen molar-refractivity contribution in [3.63, 3.8) is 0 Å². The second-order valence-corrected chi connectivity index (χ2v) is 4.34. The van der Waals surface area contributed by atoms with E-state index in [0.717, 1.165) is 5.56 Å². The highest BCUT2D eigenvalue weighted by atomic mass is 79.9. The number of hydrogen-bond donors (Lipinski definition) is 2. The molecule has 1 unspecified atom stereocenters. The maximum Gasteiger partial charge on any atom is 0.339 e. The Labute approximate surface area is 102 Å². The van der Waals surface area contributed by atoms with E-state index in [1.807, 2.05) is 6.92 Å². The zero-order chi connectivity index (χ0) is 12.5. The molecule has 0 aliphatic carbocycles. The standard InChI is InChI=1S/C11H13BrO4/c1-5-4-7(12)9(13)8(6(5)2)10(14)11(15)16-3/h4,10,13-14H,1-3H3. The number of phenols is 1. The molecule has 0 aliphatic heterocycles. The predicted octanol–water partition coefficient (Wildman–Crippen LogP) is 1.98. The molecular weight excluding hydrogens is 276 g/mol. The van der Waals surface area contributed by atoms with Crippen molar-refractivity contribution >= 4 is 21.9 Å². The Balaban J connectivity index is 3.37. The fourth-order valence-electron chi connectivity index (χ4n) is 1.45. The highest BCUT2D eigenvalue weighted by molar-refractivity contribution is 9.10. The van der Waals surface area contributed by atoms with E-state index >= 15 is 0 Å². The molecule has 0 aromatic heterocycles. The van der Waals surface area contributed by atoms with Gasteiger partial charge in [-0.25, -0.2) is 4.79 Å². The minimum atomic E-state index is -1.47. The number of esters is 1. The van der Waals surface area contributed by atoms with E-state index in [4.69, 9.17) is 0 Å². The largest absolute Gasteiger partial charge is 0.506 e. The van der Waals surface area contributed by atoms with E-state index in [-0.39, 0.29) is 11.3 Å². The van der Waals surface area contributed by atoms with Gasteiger partial charge in [-0.2, -0.15) is 0 Å². The minimum absolute atomic E-state index is 0.138. The molecule has 2 N–H and O–H groups in total. The molecule has 88 valence electrons. The van der Waals surface area contributed by atoms with Crippen LogP contribution in [-0.4, -0.2) is 23.3 Å². The molecule has 5 heteroatoms. The Morgan fingerprint density at radius 2 is 2.06 bits per heavy atom. The third kappa shape index (κ3) is 2.20. The Morgan fingerprint density at radius 3 is 2.56 bits per heavy atom. The van der Waals surface area contributed by atoms with E-state index in [0.29, 0.717) is 10.0 Å². The van der Waals surface area contributed by atoms with Crippen LogP contribution in [0, 0.1) is 13.8 Å². The monoisotopic (exact) mass is 288 g/mol. The van der Waals surface area contributed by atoms with Gasteiger partial charge in [-0.3, -0.25) is 0 Å². The van der Waals surface area contributed by atoms with Gasteiger partial charge in [0.05, 0.1) is 11.6 Å². The number of aliphatic hydroxyl groups is 1. The average Bonchev–Trinajstić information content (AvgIpc) is 2.25. The smallest absolute Gasteiger partial charge is 0.339 e. The SMILES string of the molecule is COC(=O)C(O)c1c(C)c(C)cc(Br)c1O. The molecule has 0 spiro atoms. The Kier molecular flexibility index (Phi) is 3.93. The van der Waals surface area contributed by atoms with Crippen LogP contribution in [-0.2, 0) is 9.53 Å². The van der Waals surface area contributed by atoms with E-state index in [9.17, 15) is 15.0 Å². The van der Waals surface area contributed by atoms with Gasteiger partial charge >= 0.3 is 5.97 Å². The van der Waals surface area contributed by atoms with Crippen molar-refractivity contribution in [1.29, 1.82) is 0 Å². The summed E-state index contributed by atoms with van der Waals surface area (Å²) in [6.45, 7) is 3.55. The number of aromatic hydroxyl groups is 1. The fraction of sp³-hybridized carbons (Fsp3) is 0.364. The van der Waals surface area contributed by atoms with Crippen molar-refractivity contribution in [3.05, 3.63) is 27.2 Å². The van der Waals surface area contributed by atoms with Crippen LogP contribution in [0.2, 0.25) is 0 Å². The van der Waals surface area contributed by atoms with Gasteiger partial charge in [-0.1, -0.05) is 0 Å². The zero-order valence-corrected chi connectivity index (χ0v) is 10.8. The van der Waals surface area contributed by atoms with Crippen molar-refractivity contribution in [2.75, 3.05) is 7.11 Å². The molecule has 0 saturated carbocycles. The van der Waals surface area contributed by atoms with Crippen LogP contribution < -0.4 is 0 Å². The summed E-state index contributed by atoms with van der Waals surface area (Å²) < 4.78 is 4.88. The predicted molar refractivity (Wildman–Crippen MR) is 62.3 cm³/mol. The molecule has 4 nitrogen and oxygen atoms in total. The first-order valence-corrected chi connectivity index (χ1v) is 5.43. The van der Waals surface area contributed by atoms with Gasteiger partial charge in [-0.15, -0.1) is 0 Å².